The van der Waals surface area contributed by atoms with E-state index in [4.69, 9.17) is 0 Å². The Labute approximate surface area is 137 Å². The number of nitrogens with one attached hydrogen (secondary N) is 3. The van der Waals surface area contributed by atoms with Gasteiger partial charge >= 0.3 is 0 Å². The predicted octanol–water partition coefficient (Wildman–Crippen LogP) is 1.13. The summed E-state index contributed by atoms with van der Waals surface area (Å²) < 4.78 is 0. The summed E-state index contributed by atoms with van der Waals surface area (Å²) in [7, 11) is 0. The quantitative estimate of drug-likeness (QED) is 0.763. The molecule has 1 saturated carbocycles. The van der Waals surface area contributed by atoms with Crippen molar-refractivity contribution >= 4 is 11.8 Å². The van der Waals surface area contributed by atoms with Gasteiger partial charge in [-0.1, -0.05) is 43.2 Å². The minimum atomic E-state index is -0.397. The van der Waals surface area contributed by atoms with Crippen LogP contribution >= 0.6 is 0 Å². The van der Waals surface area contributed by atoms with Crippen molar-refractivity contribution in [3.05, 3.63) is 35.9 Å². The van der Waals surface area contributed by atoms with Crippen molar-refractivity contribution in [3.63, 3.8) is 0 Å². The van der Waals surface area contributed by atoms with Gasteiger partial charge in [-0.25, -0.2) is 0 Å². The summed E-state index contributed by atoms with van der Waals surface area (Å²) in [5, 5.41) is 9.36. The zero-order valence-corrected chi connectivity index (χ0v) is 13.4. The van der Waals surface area contributed by atoms with E-state index in [2.05, 4.69) is 16.0 Å². The van der Waals surface area contributed by atoms with E-state index in [-0.39, 0.29) is 24.3 Å². The fourth-order valence-electron chi connectivity index (χ4n) is 3.52. The van der Waals surface area contributed by atoms with Crippen LogP contribution in [0.2, 0.25) is 0 Å². The van der Waals surface area contributed by atoms with E-state index in [1.54, 1.807) is 0 Å². The lowest BCUT2D eigenvalue weighted by atomic mass is 9.87. The third-order valence-corrected chi connectivity index (χ3v) is 4.79. The predicted molar refractivity (Wildman–Crippen MR) is 88.9 cm³/mol. The summed E-state index contributed by atoms with van der Waals surface area (Å²) in [4.78, 5) is 24.2. The number of fused-ring (bicyclic) bond motifs is 1. The fraction of sp³-hybridized carbons (Fsp3) is 0.556. The maximum Gasteiger partial charge on any atom is 0.237 e. The Kier molecular flexibility index (Phi) is 5.28. The summed E-state index contributed by atoms with van der Waals surface area (Å²) in [5.74, 6) is -0.103. The van der Waals surface area contributed by atoms with E-state index >= 15 is 0 Å². The minimum absolute atomic E-state index is 0.0358. The Morgan fingerprint density at radius 2 is 1.87 bits per heavy atom. The topological polar surface area (TPSA) is 70.2 Å². The van der Waals surface area contributed by atoms with Crippen LogP contribution in [0.5, 0.6) is 0 Å². The first-order valence-electron chi connectivity index (χ1n) is 8.59. The zero-order chi connectivity index (χ0) is 16.1. The monoisotopic (exact) mass is 315 g/mol. The van der Waals surface area contributed by atoms with Gasteiger partial charge in [-0.2, -0.15) is 0 Å². The van der Waals surface area contributed by atoms with E-state index in [1.807, 2.05) is 30.3 Å². The van der Waals surface area contributed by atoms with Crippen molar-refractivity contribution < 1.29 is 9.59 Å². The Morgan fingerprint density at radius 1 is 1.13 bits per heavy atom. The Bertz CT molecular complexity index is 546. The third kappa shape index (κ3) is 4.32. The minimum Gasteiger partial charge on any atom is -0.356 e. The van der Waals surface area contributed by atoms with Crippen molar-refractivity contribution in [2.45, 2.75) is 56.7 Å². The van der Waals surface area contributed by atoms with E-state index in [0.29, 0.717) is 12.6 Å². The van der Waals surface area contributed by atoms with Crippen LogP contribution in [0.3, 0.4) is 0 Å². The van der Waals surface area contributed by atoms with Gasteiger partial charge in [0.2, 0.25) is 11.8 Å². The zero-order valence-electron chi connectivity index (χ0n) is 13.4. The van der Waals surface area contributed by atoms with Crippen LogP contribution in [0.25, 0.3) is 0 Å². The largest absolute Gasteiger partial charge is 0.356 e. The van der Waals surface area contributed by atoms with Crippen molar-refractivity contribution in [2.24, 2.45) is 0 Å². The number of hydrogen-bond acceptors (Lipinski definition) is 3. The molecule has 3 unspecified atom stereocenters. The summed E-state index contributed by atoms with van der Waals surface area (Å²) in [6.07, 6.45) is 5.51. The molecule has 0 spiro atoms. The lowest BCUT2D eigenvalue weighted by Crippen LogP contribution is -2.65. The molecule has 1 saturated heterocycles. The number of benzene rings is 1. The average molecular weight is 315 g/mol. The van der Waals surface area contributed by atoms with Gasteiger partial charge < -0.3 is 16.0 Å². The van der Waals surface area contributed by atoms with Crippen molar-refractivity contribution in [3.8, 4) is 0 Å². The lowest BCUT2D eigenvalue weighted by Gasteiger charge is -2.40. The van der Waals surface area contributed by atoms with Crippen molar-refractivity contribution in [2.75, 3.05) is 6.54 Å². The molecule has 5 nitrogen and oxygen atoms in total. The SMILES string of the molecule is O=C(CC1NC2CCCCC2NC1=O)NCCc1ccccc1. The van der Waals surface area contributed by atoms with Crippen LogP contribution in [0.4, 0.5) is 0 Å². The maximum atomic E-state index is 12.1. The van der Waals surface area contributed by atoms with Crippen LogP contribution in [-0.2, 0) is 16.0 Å². The molecule has 3 rings (SSSR count). The maximum absolute atomic E-state index is 12.1. The van der Waals surface area contributed by atoms with Crippen LogP contribution in [-0.4, -0.2) is 36.5 Å². The molecule has 1 aromatic rings. The summed E-state index contributed by atoms with van der Waals surface area (Å²) in [6.45, 7) is 0.600. The van der Waals surface area contributed by atoms with Gasteiger partial charge in [0.25, 0.3) is 0 Å². The molecule has 124 valence electrons. The molecule has 3 N–H and O–H groups in total. The number of rotatable bonds is 5. The normalized spacial score (nSPS) is 27.0. The molecule has 1 aliphatic heterocycles. The molecule has 2 amide bonds. The first kappa shape index (κ1) is 16.0. The van der Waals surface area contributed by atoms with Crippen LogP contribution in [0.15, 0.2) is 30.3 Å². The van der Waals surface area contributed by atoms with Gasteiger partial charge in [0.05, 0.1) is 12.5 Å². The Balaban J connectivity index is 1.43. The van der Waals surface area contributed by atoms with Gasteiger partial charge in [-0.15, -0.1) is 0 Å². The first-order valence-corrected chi connectivity index (χ1v) is 8.59. The van der Waals surface area contributed by atoms with E-state index in [0.717, 1.165) is 19.3 Å². The molecule has 1 aliphatic carbocycles. The average Bonchev–Trinajstić information content (AvgIpc) is 2.56. The lowest BCUT2D eigenvalue weighted by molar-refractivity contribution is -0.131. The molecule has 5 heteroatoms. The van der Waals surface area contributed by atoms with E-state index < -0.39 is 6.04 Å². The molecule has 3 atom stereocenters. The molecule has 2 aliphatic rings. The smallest absolute Gasteiger partial charge is 0.237 e. The molecule has 0 bridgehead atoms. The summed E-state index contributed by atoms with van der Waals surface area (Å²) in [5.41, 5.74) is 1.20. The van der Waals surface area contributed by atoms with Crippen molar-refractivity contribution in [1.29, 1.82) is 0 Å². The van der Waals surface area contributed by atoms with Crippen molar-refractivity contribution in [1.82, 2.24) is 16.0 Å². The molecule has 0 radical (unpaired) electrons. The van der Waals surface area contributed by atoms with Gasteiger partial charge in [-0.3, -0.25) is 9.59 Å². The van der Waals surface area contributed by atoms with Crippen LogP contribution < -0.4 is 16.0 Å². The number of carbonyl (C=O) groups is 2. The highest BCUT2D eigenvalue weighted by Gasteiger charge is 2.36. The van der Waals surface area contributed by atoms with Gasteiger partial charge in [-0.05, 0) is 24.8 Å². The molecule has 23 heavy (non-hydrogen) atoms. The fourth-order valence-corrected chi connectivity index (χ4v) is 3.52. The number of piperazine rings is 1. The Morgan fingerprint density at radius 3 is 2.65 bits per heavy atom. The van der Waals surface area contributed by atoms with Crippen LogP contribution in [0, 0.1) is 0 Å². The standard InChI is InChI=1S/C18H25N3O2/c22-17(19-11-10-13-6-2-1-3-7-13)12-16-18(23)21-15-9-5-4-8-14(15)20-16/h1-3,6-7,14-16,20H,4-5,8-12H2,(H,19,22)(H,21,23). The second-order valence-corrected chi connectivity index (χ2v) is 6.51. The van der Waals surface area contributed by atoms with Gasteiger partial charge in [0, 0.05) is 18.6 Å². The number of carbonyl (C=O) groups excluding carboxylic acids is 2. The molecular weight excluding hydrogens is 290 g/mol. The highest BCUT2D eigenvalue weighted by atomic mass is 16.2. The molecule has 1 aromatic carbocycles. The second-order valence-electron chi connectivity index (χ2n) is 6.51. The Hall–Kier alpha value is -1.88. The highest BCUT2D eigenvalue weighted by Crippen LogP contribution is 2.22. The second kappa shape index (κ2) is 7.59. The molecular formula is C18H25N3O2. The van der Waals surface area contributed by atoms with E-state index in [1.165, 1.54) is 18.4 Å². The first-order chi connectivity index (χ1) is 11.2. The van der Waals surface area contributed by atoms with Crippen LogP contribution in [0.1, 0.15) is 37.7 Å². The number of hydrogen-bond donors (Lipinski definition) is 3. The molecule has 2 fully saturated rings. The molecule has 1 heterocycles. The van der Waals surface area contributed by atoms with Gasteiger partial charge in [0.1, 0.15) is 0 Å². The van der Waals surface area contributed by atoms with E-state index in [9.17, 15) is 9.59 Å². The summed E-state index contributed by atoms with van der Waals surface area (Å²) >= 11 is 0. The number of amides is 2. The highest BCUT2D eigenvalue weighted by molar-refractivity contribution is 5.89. The third-order valence-electron chi connectivity index (χ3n) is 4.79. The molecule has 0 aromatic heterocycles. The summed E-state index contributed by atoms with van der Waals surface area (Å²) in [6, 6.07) is 10.2. The van der Waals surface area contributed by atoms with Gasteiger partial charge in [0.15, 0.2) is 0 Å².